The molecule has 0 amide bonds. The predicted molar refractivity (Wildman–Crippen MR) is 80.8 cm³/mol. The van der Waals surface area contributed by atoms with Crippen LogP contribution < -0.4 is 5.56 Å². The molecule has 2 aromatic carbocycles. The molecule has 3 aromatic rings. The van der Waals surface area contributed by atoms with Crippen LogP contribution in [0.4, 0.5) is 0 Å². The number of hydrogen-bond donors (Lipinski definition) is 0. The Morgan fingerprint density at radius 3 is 2.52 bits per heavy atom. The Labute approximate surface area is 128 Å². The zero-order valence-corrected chi connectivity index (χ0v) is 11.9. The van der Waals surface area contributed by atoms with Crippen molar-refractivity contribution in [2.45, 2.75) is 0 Å². The average molecular weight is 317 g/mol. The van der Waals surface area contributed by atoms with Gasteiger partial charge in [0.2, 0.25) is 5.78 Å². The van der Waals surface area contributed by atoms with E-state index >= 15 is 0 Å². The van der Waals surface area contributed by atoms with Gasteiger partial charge in [0.25, 0.3) is 5.56 Å². The van der Waals surface area contributed by atoms with Gasteiger partial charge in [0, 0.05) is 0 Å². The van der Waals surface area contributed by atoms with Gasteiger partial charge in [-0.05, 0) is 24.3 Å². The van der Waals surface area contributed by atoms with E-state index in [9.17, 15) is 9.59 Å². The first-order valence-electron chi connectivity index (χ1n) is 6.14. The van der Waals surface area contributed by atoms with E-state index in [0.717, 1.165) is 0 Å². The summed E-state index contributed by atoms with van der Waals surface area (Å²) in [6.45, 7) is 0. The molecule has 0 spiro atoms. The number of hydrogen-bond acceptors (Lipinski definition) is 3. The Bertz CT molecular complexity index is 1010. The second-order valence-electron chi connectivity index (χ2n) is 4.71. The van der Waals surface area contributed by atoms with E-state index in [1.807, 2.05) is 0 Å². The fraction of sp³-hybridized carbons (Fsp3) is 0. The number of para-hydroxylation sites is 1. The lowest BCUT2D eigenvalue weighted by Crippen LogP contribution is -2.21. The highest BCUT2D eigenvalue weighted by molar-refractivity contribution is 6.42. The summed E-state index contributed by atoms with van der Waals surface area (Å²) in [5.41, 5.74) is 0.963. The van der Waals surface area contributed by atoms with Gasteiger partial charge >= 0.3 is 0 Å². The molecule has 0 saturated carbocycles. The molecule has 0 N–H and O–H groups in total. The minimum atomic E-state index is -0.327. The lowest BCUT2D eigenvalue weighted by molar-refractivity contribution is 0.103. The standard InChI is InChI=1S/C15H6Cl2N2O2/c16-9-5-8-12(6-10(9)17)19-14(13(8)20)18-11-4-2-1-3-7(11)15(19)21/h1-6H. The molecule has 1 aliphatic heterocycles. The average Bonchev–Trinajstić information content (AvgIpc) is 2.74. The van der Waals surface area contributed by atoms with Crippen molar-refractivity contribution in [1.29, 1.82) is 0 Å². The molecule has 0 atom stereocenters. The molecule has 0 aliphatic carbocycles. The molecule has 21 heavy (non-hydrogen) atoms. The number of ketones is 1. The van der Waals surface area contributed by atoms with Crippen molar-refractivity contribution in [3.05, 3.63) is 68.2 Å². The molecule has 2 heterocycles. The Balaban J connectivity index is 2.19. The maximum absolute atomic E-state index is 12.6. The molecule has 0 saturated heterocycles. The summed E-state index contributed by atoms with van der Waals surface area (Å²) in [5.74, 6) is -0.238. The minimum absolute atomic E-state index is 0.0898. The van der Waals surface area contributed by atoms with Gasteiger partial charge in [0.1, 0.15) is 0 Å². The van der Waals surface area contributed by atoms with Gasteiger partial charge < -0.3 is 0 Å². The summed E-state index contributed by atoms with van der Waals surface area (Å²) in [4.78, 5) is 29.3. The fourth-order valence-corrected chi connectivity index (χ4v) is 2.85. The van der Waals surface area contributed by atoms with Gasteiger partial charge in [-0.2, -0.15) is 0 Å². The maximum atomic E-state index is 12.6. The van der Waals surface area contributed by atoms with Gasteiger partial charge in [-0.15, -0.1) is 0 Å². The Morgan fingerprint density at radius 1 is 1.00 bits per heavy atom. The molecule has 1 aliphatic rings. The fourth-order valence-electron chi connectivity index (χ4n) is 2.53. The molecule has 4 rings (SSSR count). The number of halogens is 2. The number of rotatable bonds is 0. The first-order valence-corrected chi connectivity index (χ1v) is 6.89. The summed E-state index contributed by atoms with van der Waals surface area (Å²) in [5, 5.41) is 1.01. The molecular formula is C15H6Cl2N2O2. The summed E-state index contributed by atoms with van der Waals surface area (Å²) in [6, 6.07) is 9.90. The van der Waals surface area contributed by atoms with Gasteiger partial charge in [-0.3, -0.25) is 14.2 Å². The van der Waals surface area contributed by atoms with E-state index in [0.29, 0.717) is 22.2 Å². The van der Waals surface area contributed by atoms with Crippen LogP contribution in [0.5, 0.6) is 0 Å². The highest BCUT2D eigenvalue weighted by atomic mass is 35.5. The molecule has 1 aromatic heterocycles. The van der Waals surface area contributed by atoms with Crippen molar-refractivity contribution in [3.63, 3.8) is 0 Å². The molecular weight excluding hydrogens is 311 g/mol. The highest BCUT2D eigenvalue weighted by Crippen LogP contribution is 2.33. The number of aromatic nitrogens is 2. The van der Waals surface area contributed by atoms with E-state index in [4.69, 9.17) is 23.2 Å². The smallest absolute Gasteiger partial charge is 0.266 e. The van der Waals surface area contributed by atoms with Crippen molar-refractivity contribution >= 4 is 39.9 Å². The van der Waals surface area contributed by atoms with Crippen LogP contribution in [0.25, 0.3) is 16.6 Å². The first kappa shape index (κ1) is 12.6. The zero-order valence-electron chi connectivity index (χ0n) is 10.4. The second kappa shape index (κ2) is 4.16. The number of benzene rings is 2. The number of fused-ring (bicyclic) bond motifs is 4. The molecule has 102 valence electrons. The molecule has 0 radical (unpaired) electrons. The Hall–Kier alpha value is -2.17. The normalized spacial score (nSPS) is 12.6. The van der Waals surface area contributed by atoms with Crippen molar-refractivity contribution in [2.75, 3.05) is 0 Å². The van der Waals surface area contributed by atoms with Crippen molar-refractivity contribution in [3.8, 4) is 5.69 Å². The SMILES string of the molecule is O=C1c2cc(Cl)c(Cl)cc2-n2c1nc1ccccc1c2=O. The predicted octanol–water partition coefficient (Wildman–Crippen LogP) is 3.24. The first-order chi connectivity index (χ1) is 10.1. The van der Waals surface area contributed by atoms with Gasteiger partial charge in [0.05, 0.1) is 32.2 Å². The topological polar surface area (TPSA) is 52.0 Å². The summed E-state index contributed by atoms with van der Waals surface area (Å²) < 4.78 is 1.29. The van der Waals surface area contributed by atoms with E-state index < -0.39 is 0 Å². The van der Waals surface area contributed by atoms with Crippen LogP contribution in [0.15, 0.2) is 41.2 Å². The largest absolute Gasteiger partial charge is 0.285 e. The Kier molecular flexibility index (Phi) is 2.49. The van der Waals surface area contributed by atoms with Crippen LogP contribution in [0.3, 0.4) is 0 Å². The van der Waals surface area contributed by atoms with Crippen LogP contribution in [-0.4, -0.2) is 15.3 Å². The number of nitrogens with zero attached hydrogens (tertiary/aromatic N) is 2. The van der Waals surface area contributed by atoms with E-state index in [-0.39, 0.29) is 27.2 Å². The van der Waals surface area contributed by atoms with E-state index in [1.54, 1.807) is 24.3 Å². The van der Waals surface area contributed by atoms with Crippen LogP contribution in [0, 0.1) is 0 Å². The van der Waals surface area contributed by atoms with Crippen LogP contribution >= 0.6 is 23.2 Å². The van der Waals surface area contributed by atoms with Crippen molar-refractivity contribution < 1.29 is 4.79 Å². The number of carbonyl (C=O) groups excluding carboxylic acids is 1. The van der Waals surface area contributed by atoms with Gasteiger partial charge in [0.15, 0.2) is 5.82 Å². The third kappa shape index (κ3) is 1.60. The summed E-state index contributed by atoms with van der Waals surface area (Å²) >= 11 is 12.0. The molecule has 0 unspecified atom stereocenters. The number of carbonyl (C=O) groups is 1. The minimum Gasteiger partial charge on any atom is -0.285 e. The zero-order chi connectivity index (χ0) is 14.7. The quantitative estimate of drug-likeness (QED) is 0.500. The monoisotopic (exact) mass is 316 g/mol. The summed E-state index contributed by atoms with van der Waals surface area (Å²) in [7, 11) is 0. The second-order valence-corrected chi connectivity index (χ2v) is 5.52. The molecule has 6 heteroatoms. The summed E-state index contributed by atoms with van der Waals surface area (Å²) in [6.07, 6.45) is 0. The lowest BCUT2D eigenvalue weighted by Gasteiger charge is -2.06. The van der Waals surface area contributed by atoms with Crippen LogP contribution in [0.2, 0.25) is 10.0 Å². The lowest BCUT2D eigenvalue weighted by atomic mass is 10.1. The molecule has 0 bridgehead atoms. The van der Waals surface area contributed by atoms with Crippen molar-refractivity contribution in [1.82, 2.24) is 9.55 Å². The van der Waals surface area contributed by atoms with Gasteiger partial charge in [-0.1, -0.05) is 35.3 Å². The maximum Gasteiger partial charge on any atom is 0.266 e. The van der Waals surface area contributed by atoms with Crippen molar-refractivity contribution in [2.24, 2.45) is 0 Å². The highest BCUT2D eigenvalue weighted by Gasteiger charge is 2.31. The van der Waals surface area contributed by atoms with Gasteiger partial charge in [-0.25, -0.2) is 4.98 Å². The van der Waals surface area contributed by atoms with Crippen LogP contribution in [-0.2, 0) is 0 Å². The molecule has 4 nitrogen and oxygen atoms in total. The van der Waals surface area contributed by atoms with E-state index in [2.05, 4.69) is 4.98 Å². The Morgan fingerprint density at radius 2 is 1.71 bits per heavy atom. The third-order valence-corrected chi connectivity index (χ3v) is 4.23. The van der Waals surface area contributed by atoms with Crippen LogP contribution in [0.1, 0.15) is 16.2 Å². The molecule has 0 fully saturated rings. The van der Waals surface area contributed by atoms with E-state index in [1.165, 1.54) is 16.7 Å². The third-order valence-electron chi connectivity index (χ3n) is 3.50.